The zero-order valence-corrected chi connectivity index (χ0v) is 17.3. The summed E-state index contributed by atoms with van der Waals surface area (Å²) in [5.41, 5.74) is 2.17. The van der Waals surface area contributed by atoms with Crippen molar-refractivity contribution >= 4 is 11.7 Å². The number of rotatable bonds is 7. The molecular formula is C22H21N9O. The number of nitrogens with zero attached hydrogens (tertiary/aromatic N) is 8. The van der Waals surface area contributed by atoms with Crippen LogP contribution in [0.2, 0.25) is 0 Å². The van der Waals surface area contributed by atoms with Gasteiger partial charge in [-0.1, -0.05) is 6.07 Å². The Balaban J connectivity index is 1.15. The maximum absolute atomic E-state index is 12.7. The Morgan fingerprint density at radius 3 is 2.84 bits per heavy atom. The van der Waals surface area contributed by atoms with Crippen LogP contribution in [0.4, 0.5) is 5.82 Å². The van der Waals surface area contributed by atoms with Gasteiger partial charge in [0.05, 0.1) is 17.8 Å². The number of hydrogen-bond acceptors (Lipinski definition) is 7. The molecule has 4 aromatic rings. The van der Waals surface area contributed by atoms with E-state index in [0.29, 0.717) is 29.2 Å². The van der Waals surface area contributed by atoms with E-state index in [4.69, 9.17) is 0 Å². The van der Waals surface area contributed by atoms with E-state index in [0.717, 1.165) is 43.0 Å². The lowest BCUT2D eigenvalue weighted by molar-refractivity contribution is -0.115. The molecule has 4 heterocycles. The Kier molecular flexibility index (Phi) is 4.48. The quantitative estimate of drug-likeness (QED) is 0.482. The third-order valence-electron chi connectivity index (χ3n) is 5.62. The number of anilines is 1. The highest BCUT2D eigenvalue weighted by atomic mass is 16.1. The van der Waals surface area contributed by atoms with Gasteiger partial charge in [0.2, 0.25) is 5.91 Å². The number of carbonyl (C=O) groups is 1. The van der Waals surface area contributed by atoms with Gasteiger partial charge in [-0.25, -0.2) is 14.6 Å². The lowest BCUT2D eigenvalue weighted by atomic mass is 10.2. The van der Waals surface area contributed by atoms with Crippen molar-refractivity contribution in [1.82, 2.24) is 39.5 Å². The Bertz CT molecular complexity index is 1290. The third kappa shape index (κ3) is 3.86. The second-order valence-electron chi connectivity index (χ2n) is 8.25. The summed E-state index contributed by atoms with van der Waals surface area (Å²) in [4.78, 5) is 25.9. The molecule has 2 fully saturated rings. The molecule has 0 aromatic carbocycles. The minimum absolute atomic E-state index is 0.127. The van der Waals surface area contributed by atoms with Crippen LogP contribution < -0.4 is 5.32 Å². The van der Waals surface area contributed by atoms with Crippen molar-refractivity contribution in [1.29, 1.82) is 0 Å². The van der Waals surface area contributed by atoms with Crippen LogP contribution in [-0.4, -0.2) is 45.4 Å². The standard InChI is InChI=1S/C22H21N9O/c32-20(11-15-10-17(8-9-23-15)31-12-24-21(29-31)14-4-5-14)27-19-3-1-2-18(26-19)22-28-25-13-30(22)16-6-7-16/h1-3,8-10,12-14,16H,4-7,11H2,(H,26,27,32). The predicted molar refractivity (Wildman–Crippen MR) is 115 cm³/mol. The number of hydrogen-bond donors (Lipinski definition) is 1. The van der Waals surface area contributed by atoms with Gasteiger partial charge in [-0.15, -0.1) is 10.2 Å². The maximum Gasteiger partial charge on any atom is 0.231 e. The molecule has 10 nitrogen and oxygen atoms in total. The normalized spacial score (nSPS) is 15.6. The van der Waals surface area contributed by atoms with E-state index < -0.39 is 0 Å². The zero-order chi connectivity index (χ0) is 21.5. The maximum atomic E-state index is 12.7. The first-order chi connectivity index (χ1) is 15.7. The summed E-state index contributed by atoms with van der Waals surface area (Å²) in [7, 11) is 0. The fraction of sp³-hybridized carbons (Fsp3) is 0.318. The monoisotopic (exact) mass is 427 g/mol. The van der Waals surface area contributed by atoms with Crippen LogP contribution in [-0.2, 0) is 11.2 Å². The molecule has 1 amide bonds. The van der Waals surface area contributed by atoms with Gasteiger partial charge in [-0.05, 0) is 49.9 Å². The minimum Gasteiger partial charge on any atom is -0.310 e. The average Bonchev–Trinajstić information content (AvgIpc) is 3.73. The molecule has 0 radical (unpaired) electrons. The molecule has 0 atom stereocenters. The van der Waals surface area contributed by atoms with Crippen LogP contribution in [0, 0.1) is 0 Å². The average molecular weight is 427 g/mol. The molecule has 4 aromatic heterocycles. The fourth-order valence-corrected chi connectivity index (χ4v) is 3.66. The first-order valence-corrected chi connectivity index (χ1v) is 10.8. The van der Waals surface area contributed by atoms with E-state index in [1.807, 2.05) is 28.8 Å². The van der Waals surface area contributed by atoms with Crippen LogP contribution >= 0.6 is 0 Å². The largest absolute Gasteiger partial charge is 0.310 e. The molecule has 6 rings (SSSR count). The fourth-order valence-electron chi connectivity index (χ4n) is 3.66. The molecule has 2 saturated carbocycles. The van der Waals surface area contributed by atoms with Crippen molar-refractivity contribution < 1.29 is 4.79 Å². The van der Waals surface area contributed by atoms with Crippen molar-refractivity contribution in [2.24, 2.45) is 0 Å². The molecule has 0 bridgehead atoms. The Morgan fingerprint density at radius 1 is 1.09 bits per heavy atom. The lowest BCUT2D eigenvalue weighted by Crippen LogP contribution is -2.16. The Morgan fingerprint density at radius 2 is 2.00 bits per heavy atom. The van der Waals surface area contributed by atoms with Gasteiger partial charge in [0.25, 0.3) is 0 Å². The van der Waals surface area contributed by atoms with Crippen LogP contribution in [0.3, 0.4) is 0 Å². The van der Waals surface area contributed by atoms with Crippen molar-refractivity contribution in [3.63, 3.8) is 0 Å². The first kappa shape index (κ1) is 18.8. The van der Waals surface area contributed by atoms with Gasteiger partial charge in [0, 0.05) is 18.2 Å². The third-order valence-corrected chi connectivity index (χ3v) is 5.62. The lowest BCUT2D eigenvalue weighted by Gasteiger charge is -2.08. The summed E-state index contributed by atoms with van der Waals surface area (Å²) in [6.07, 6.45) is 9.82. The number of carbonyl (C=O) groups excluding carboxylic acids is 1. The van der Waals surface area contributed by atoms with Crippen LogP contribution in [0.1, 0.15) is 49.2 Å². The van der Waals surface area contributed by atoms with E-state index >= 15 is 0 Å². The molecular weight excluding hydrogens is 406 g/mol. The van der Waals surface area contributed by atoms with Crippen molar-refractivity contribution in [3.05, 3.63) is 60.7 Å². The second kappa shape index (κ2) is 7.63. The van der Waals surface area contributed by atoms with Crippen LogP contribution in [0.25, 0.3) is 17.2 Å². The highest BCUT2D eigenvalue weighted by Crippen LogP contribution is 2.38. The highest BCUT2D eigenvalue weighted by Gasteiger charge is 2.28. The molecule has 160 valence electrons. The summed E-state index contributed by atoms with van der Waals surface area (Å²) >= 11 is 0. The topological polar surface area (TPSA) is 116 Å². The van der Waals surface area contributed by atoms with Crippen molar-refractivity contribution in [2.75, 3.05) is 5.32 Å². The molecule has 0 saturated heterocycles. The number of pyridine rings is 2. The highest BCUT2D eigenvalue weighted by molar-refractivity contribution is 5.91. The van der Waals surface area contributed by atoms with E-state index in [2.05, 4.69) is 35.6 Å². The van der Waals surface area contributed by atoms with Gasteiger partial charge >= 0.3 is 0 Å². The van der Waals surface area contributed by atoms with Gasteiger partial charge in [0.15, 0.2) is 11.6 Å². The van der Waals surface area contributed by atoms with Gasteiger partial charge in [-0.3, -0.25) is 9.78 Å². The zero-order valence-electron chi connectivity index (χ0n) is 17.3. The summed E-state index contributed by atoms with van der Waals surface area (Å²) in [6, 6.07) is 9.64. The van der Waals surface area contributed by atoms with Crippen molar-refractivity contribution in [3.8, 4) is 17.2 Å². The summed E-state index contributed by atoms with van der Waals surface area (Å²) in [5, 5.41) is 15.6. The summed E-state index contributed by atoms with van der Waals surface area (Å²) in [5.74, 6) is 2.37. The van der Waals surface area contributed by atoms with Crippen molar-refractivity contribution in [2.45, 2.75) is 44.1 Å². The Hall–Kier alpha value is -3.95. The molecule has 10 heteroatoms. The van der Waals surface area contributed by atoms with Gasteiger partial charge in [0.1, 0.15) is 24.2 Å². The second-order valence-corrected chi connectivity index (χ2v) is 8.25. The summed E-state index contributed by atoms with van der Waals surface area (Å²) < 4.78 is 3.78. The van der Waals surface area contributed by atoms with Crippen LogP contribution in [0.5, 0.6) is 0 Å². The predicted octanol–water partition coefficient (Wildman–Crippen LogP) is 2.71. The summed E-state index contributed by atoms with van der Waals surface area (Å²) in [6.45, 7) is 0. The van der Waals surface area contributed by atoms with E-state index in [1.165, 1.54) is 0 Å². The molecule has 1 N–H and O–H groups in total. The molecule has 2 aliphatic carbocycles. The molecule has 2 aliphatic rings. The number of amides is 1. The van der Waals surface area contributed by atoms with Gasteiger partial charge in [-0.2, -0.15) is 5.10 Å². The van der Waals surface area contributed by atoms with Gasteiger partial charge < -0.3 is 9.88 Å². The first-order valence-electron chi connectivity index (χ1n) is 10.8. The van der Waals surface area contributed by atoms with E-state index in [9.17, 15) is 4.79 Å². The van der Waals surface area contributed by atoms with Crippen LogP contribution in [0.15, 0.2) is 49.2 Å². The molecule has 0 spiro atoms. The number of nitrogens with one attached hydrogen (secondary N) is 1. The smallest absolute Gasteiger partial charge is 0.231 e. The molecule has 32 heavy (non-hydrogen) atoms. The minimum atomic E-state index is -0.194. The van der Waals surface area contributed by atoms with E-state index in [1.54, 1.807) is 29.6 Å². The SMILES string of the molecule is O=C(Cc1cc(-n2cnc(C3CC3)n2)ccn1)Nc1cccc(-c2nncn2C2CC2)n1. The Labute approximate surface area is 183 Å². The molecule has 0 unspecified atom stereocenters. The molecule has 0 aliphatic heterocycles. The van der Waals surface area contributed by atoms with E-state index in [-0.39, 0.29) is 12.3 Å². The number of aromatic nitrogens is 8.